The first kappa shape index (κ1) is 23.8. The van der Waals surface area contributed by atoms with Gasteiger partial charge in [-0.15, -0.1) is 0 Å². The normalized spacial score (nSPS) is 19.3. The Morgan fingerprint density at radius 1 is 1.18 bits per heavy atom. The molecule has 0 aromatic heterocycles. The Bertz CT molecular complexity index is 1090. The first-order valence-corrected chi connectivity index (χ1v) is 11.8. The van der Waals surface area contributed by atoms with Gasteiger partial charge >= 0.3 is 0 Å². The van der Waals surface area contributed by atoms with E-state index in [0.717, 1.165) is 29.7 Å². The number of aliphatic hydroxyl groups excluding tert-OH is 1. The largest absolute Gasteiger partial charge is 0.507 e. The third-order valence-corrected chi connectivity index (χ3v) is 6.01. The van der Waals surface area contributed by atoms with Gasteiger partial charge in [0.2, 0.25) is 0 Å². The van der Waals surface area contributed by atoms with Crippen molar-refractivity contribution in [2.24, 2.45) is 0 Å². The summed E-state index contributed by atoms with van der Waals surface area (Å²) in [6.07, 6.45) is 1.72. The number of carbonyl (C=O) groups is 2. The molecule has 0 saturated carbocycles. The van der Waals surface area contributed by atoms with Crippen LogP contribution in [-0.2, 0) is 20.7 Å². The molecule has 2 aromatic carbocycles. The van der Waals surface area contributed by atoms with E-state index in [1.165, 1.54) is 4.90 Å². The molecule has 2 heterocycles. The molecule has 1 saturated heterocycles. The van der Waals surface area contributed by atoms with Gasteiger partial charge < -0.3 is 24.2 Å². The van der Waals surface area contributed by atoms with Crippen LogP contribution in [0.2, 0.25) is 0 Å². The minimum atomic E-state index is -0.723. The highest BCUT2D eigenvalue weighted by atomic mass is 16.5. The van der Waals surface area contributed by atoms with Crippen LogP contribution >= 0.6 is 0 Å². The number of ketones is 1. The predicted molar refractivity (Wildman–Crippen MR) is 128 cm³/mol. The molecule has 180 valence electrons. The fourth-order valence-corrected chi connectivity index (χ4v) is 4.42. The van der Waals surface area contributed by atoms with Gasteiger partial charge in [-0.3, -0.25) is 9.59 Å². The molecule has 7 nitrogen and oxygen atoms in total. The molecule has 4 rings (SSSR count). The minimum Gasteiger partial charge on any atom is -0.507 e. The van der Waals surface area contributed by atoms with Crippen molar-refractivity contribution in [2.75, 3.05) is 26.4 Å². The maximum atomic E-state index is 13.2. The number of hydrogen-bond donors (Lipinski definition) is 1. The van der Waals surface area contributed by atoms with Gasteiger partial charge in [-0.1, -0.05) is 12.1 Å². The first-order chi connectivity index (χ1) is 16.4. The second-order valence-corrected chi connectivity index (χ2v) is 8.69. The van der Waals surface area contributed by atoms with Crippen LogP contribution < -0.4 is 9.47 Å². The number of fused-ring (bicyclic) bond motifs is 1. The summed E-state index contributed by atoms with van der Waals surface area (Å²) in [5, 5.41) is 11.3. The maximum absolute atomic E-state index is 13.2. The lowest BCUT2D eigenvalue weighted by atomic mass is 9.94. The van der Waals surface area contributed by atoms with E-state index in [0.29, 0.717) is 24.5 Å². The zero-order valence-corrected chi connectivity index (χ0v) is 19.9. The molecule has 1 fully saturated rings. The summed E-state index contributed by atoms with van der Waals surface area (Å²) < 4.78 is 16.9. The summed E-state index contributed by atoms with van der Waals surface area (Å²) in [5.41, 5.74) is 2.27. The molecular formula is C27H31NO6. The van der Waals surface area contributed by atoms with Crippen molar-refractivity contribution in [1.82, 2.24) is 4.90 Å². The molecule has 2 aliphatic rings. The number of likely N-dealkylation sites (tertiary alicyclic amines) is 1. The lowest BCUT2D eigenvalue weighted by molar-refractivity contribution is -0.140. The number of rotatable bonds is 8. The number of benzene rings is 2. The van der Waals surface area contributed by atoms with Gasteiger partial charge in [0, 0.05) is 12.1 Å². The number of amides is 1. The highest BCUT2D eigenvalue weighted by Crippen LogP contribution is 2.40. The van der Waals surface area contributed by atoms with Crippen molar-refractivity contribution in [3.63, 3.8) is 0 Å². The molecule has 0 radical (unpaired) electrons. The molecule has 0 aliphatic carbocycles. The van der Waals surface area contributed by atoms with E-state index in [9.17, 15) is 14.7 Å². The quantitative estimate of drug-likeness (QED) is 0.356. The van der Waals surface area contributed by atoms with Crippen LogP contribution in [0.1, 0.15) is 49.9 Å². The molecule has 0 bridgehead atoms. The fourth-order valence-electron chi connectivity index (χ4n) is 4.42. The molecule has 1 N–H and O–H groups in total. The Labute approximate surface area is 199 Å². The van der Waals surface area contributed by atoms with Gasteiger partial charge in [-0.05, 0) is 75.1 Å². The van der Waals surface area contributed by atoms with Crippen LogP contribution in [0.25, 0.3) is 5.76 Å². The number of nitrogens with zero attached hydrogens (tertiary/aromatic N) is 1. The third-order valence-electron chi connectivity index (χ3n) is 6.01. The lowest BCUT2D eigenvalue weighted by Crippen LogP contribution is -2.33. The summed E-state index contributed by atoms with van der Waals surface area (Å²) >= 11 is 0. The van der Waals surface area contributed by atoms with Crippen molar-refractivity contribution in [1.29, 1.82) is 0 Å². The monoisotopic (exact) mass is 465 g/mol. The van der Waals surface area contributed by atoms with E-state index in [1.807, 2.05) is 45.0 Å². The number of carbonyl (C=O) groups excluding carboxylic acids is 2. The van der Waals surface area contributed by atoms with E-state index in [4.69, 9.17) is 14.2 Å². The summed E-state index contributed by atoms with van der Waals surface area (Å²) in [4.78, 5) is 27.7. The van der Waals surface area contributed by atoms with E-state index in [2.05, 4.69) is 0 Å². The van der Waals surface area contributed by atoms with Gasteiger partial charge in [-0.25, -0.2) is 0 Å². The summed E-state index contributed by atoms with van der Waals surface area (Å²) in [7, 11) is 0. The number of hydrogen-bond acceptors (Lipinski definition) is 6. The van der Waals surface area contributed by atoms with E-state index < -0.39 is 17.7 Å². The van der Waals surface area contributed by atoms with Crippen LogP contribution in [0.15, 0.2) is 48.0 Å². The summed E-state index contributed by atoms with van der Waals surface area (Å²) in [5.74, 6) is -0.0416. The van der Waals surface area contributed by atoms with Gasteiger partial charge in [0.15, 0.2) is 0 Å². The van der Waals surface area contributed by atoms with Crippen LogP contribution in [0.4, 0.5) is 0 Å². The zero-order chi connectivity index (χ0) is 24.2. The molecule has 1 atom stereocenters. The summed E-state index contributed by atoms with van der Waals surface area (Å²) in [6.45, 7) is 7.45. The van der Waals surface area contributed by atoms with Gasteiger partial charge in [0.05, 0.1) is 37.5 Å². The van der Waals surface area contributed by atoms with Crippen molar-refractivity contribution in [3.05, 3.63) is 64.7 Å². The van der Waals surface area contributed by atoms with Gasteiger partial charge in [-0.2, -0.15) is 0 Å². The Hall–Kier alpha value is -3.32. The SMILES string of the molecule is CCOc1ccc(C2/C(=C(/O)c3ccc4c(c3)CCCO4)C(=O)C(=O)N2CCOC(C)C)cc1. The molecule has 2 aromatic rings. The second-order valence-electron chi connectivity index (χ2n) is 8.69. The molecular weight excluding hydrogens is 434 g/mol. The number of aliphatic hydroxyl groups is 1. The topological polar surface area (TPSA) is 85.3 Å². The average Bonchev–Trinajstić information content (AvgIpc) is 3.09. The van der Waals surface area contributed by atoms with Crippen LogP contribution in [0, 0.1) is 0 Å². The van der Waals surface area contributed by atoms with Crippen LogP contribution in [0.5, 0.6) is 11.5 Å². The van der Waals surface area contributed by atoms with Crippen LogP contribution in [-0.4, -0.2) is 54.2 Å². The van der Waals surface area contributed by atoms with Crippen LogP contribution in [0.3, 0.4) is 0 Å². The average molecular weight is 466 g/mol. The van der Waals surface area contributed by atoms with Crippen molar-refractivity contribution < 1.29 is 28.9 Å². The molecule has 2 aliphatic heterocycles. The number of Topliss-reactive ketones (excluding diaryl/α,β-unsaturated/α-hetero) is 1. The summed E-state index contributed by atoms with van der Waals surface area (Å²) in [6, 6.07) is 11.9. The molecule has 0 spiro atoms. The molecule has 7 heteroatoms. The Kier molecular flexibility index (Phi) is 7.22. The van der Waals surface area contributed by atoms with Crippen molar-refractivity contribution in [3.8, 4) is 11.5 Å². The molecule has 34 heavy (non-hydrogen) atoms. The standard InChI is InChI=1S/C27H31NO6/c1-4-32-21-10-7-18(8-11-21)24-23(26(30)27(31)28(24)13-15-33-17(2)3)25(29)20-9-12-22-19(16-20)6-5-14-34-22/h7-12,16-17,24,29H,4-6,13-15H2,1-3H3/b25-23-. The van der Waals surface area contributed by atoms with E-state index >= 15 is 0 Å². The predicted octanol–water partition coefficient (Wildman–Crippen LogP) is 4.26. The Morgan fingerprint density at radius 2 is 1.94 bits per heavy atom. The zero-order valence-electron chi connectivity index (χ0n) is 19.9. The fraction of sp³-hybridized carbons (Fsp3) is 0.407. The van der Waals surface area contributed by atoms with Gasteiger partial charge in [0.25, 0.3) is 11.7 Å². The maximum Gasteiger partial charge on any atom is 0.295 e. The highest BCUT2D eigenvalue weighted by Gasteiger charge is 2.46. The molecule has 1 unspecified atom stereocenters. The Balaban J connectivity index is 1.76. The van der Waals surface area contributed by atoms with E-state index in [-0.39, 0.29) is 30.6 Å². The minimum absolute atomic E-state index is 0.00142. The van der Waals surface area contributed by atoms with Crippen molar-refractivity contribution in [2.45, 2.75) is 45.8 Å². The third kappa shape index (κ3) is 4.80. The Morgan fingerprint density at radius 3 is 2.65 bits per heavy atom. The van der Waals surface area contributed by atoms with E-state index in [1.54, 1.807) is 18.2 Å². The first-order valence-electron chi connectivity index (χ1n) is 11.8. The lowest BCUT2D eigenvalue weighted by Gasteiger charge is -2.26. The van der Waals surface area contributed by atoms with Gasteiger partial charge in [0.1, 0.15) is 17.3 Å². The smallest absolute Gasteiger partial charge is 0.295 e. The second kappa shape index (κ2) is 10.3. The highest BCUT2D eigenvalue weighted by molar-refractivity contribution is 6.46. The van der Waals surface area contributed by atoms with Crippen molar-refractivity contribution >= 4 is 17.4 Å². The molecule has 1 amide bonds. The number of aryl methyl sites for hydroxylation is 1. The number of ether oxygens (including phenoxy) is 3.